The maximum atomic E-state index is 12.4. The highest BCUT2D eigenvalue weighted by Gasteiger charge is 2.34. The number of ether oxygens (including phenoxy) is 1. The lowest BCUT2D eigenvalue weighted by Crippen LogP contribution is -2.56. The topological polar surface area (TPSA) is 87.9 Å². The summed E-state index contributed by atoms with van der Waals surface area (Å²) in [7, 11) is 0. The number of nitrogens with two attached hydrogens (primary N) is 1. The van der Waals surface area contributed by atoms with Gasteiger partial charge >= 0.3 is 0 Å². The number of hydrogen-bond donors (Lipinski definition) is 2. The van der Waals surface area contributed by atoms with Gasteiger partial charge in [-0.2, -0.15) is 0 Å². The lowest BCUT2D eigenvalue weighted by Gasteiger charge is -2.42. The normalized spacial score (nSPS) is 23.9. The van der Waals surface area contributed by atoms with Gasteiger partial charge in [0.1, 0.15) is 0 Å². The van der Waals surface area contributed by atoms with Crippen molar-refractivity contribution in [3.63, 3.8) is 0 Å². The van der Waals surface area contributed by atoms with Crippen LogP contribution in [-0.2, 0) is 14.3 Å². The van der Waals surface area contributed by atoms with Gasteiger partial charge in [-0.15, -0.1) is 0 Å². The van der Waals surface area contributed by atoms with E-state index in [1.807, 2.05) is 4.90 Å². The van der Waals surface area contributed by atoms with Crippen molar-refractivity contribution in [2.24, 2.45) is 11.8 Å². The molecule has 0 aromatic rings. The molecule has 2 fully saturated rings. The van der Waals surface area contributed by atoms with Crippen molar-refractivity contribution >= 4 is 11.8 Å². The summed E-state index contributed by atoms with van der Waals surface area (Å²) in [6.45, 7) is 7.97. The largest absolute Gasteiger partial charge is 0.378 e. The Hall–Kier alpha value is -1.18. The predicted octanol–water partition coefficient (Wildman–Crippen LogP) is -0.674. The molecule has 0 aromatic carbocycles. The van der Waals surface area contributed by atoms with Gasteiger partial charge in [0.25, 0.3) is 0 Å². The minimum Gasteiger partial charge on any atom is -0.378 e. The molecule has 2 aliphatic rings. The zero-order valence-electron chi connectivity index (χ0n) is 12.9. The summed E-state index contributed by atoms with van der Waals surface area (Å²) < 4.78 is 5.47. The number of nitrogens with one attached hydrogen (secondary N) is 1. The molecule has 3 N–H and O–H groups in total. The van der Waals surface area contributed by atoms with Crippen LogP contribution in [0, 0.1) is 5.92 Å². The third-order valence-corrected chi connectivity index (χ3v) is 4.50. The molecule has 0 bridgehead atoms. The Balaban J connectivity index is 1.83. The summed E-state index contributed by atoms with van der Waals surface area (Å²) in [5.74, 6) is 5.09. The van der Waals surface area contributed by atoms with E-state index in [9.17, 15) is 9.59 Å². The molecule has 2 amide bonds. The second kappa shape index (κ2) is 6.72. The number of nitrogens with zero attached hydrogens (tertiary/aromatic N) is 2. The monoisotopic (exact) mass is 298 g/mol. The van der Waals surface area contributed by atoms with E-state index in [4.69, 9.17) is 10.6 Å². The third-order valence-electron chi connectivity index (χ3n) is 4.50. The Morgan fingerprint density at radius 3 is 2.52 bits per heavy atom. The van der Waals surface area contributed by atoms with Crippen LogP contribution >= 0.6 is 0 Å². The summed E-state index contributed by atoms with van der Waals surface area (Å²) in [6.07, 6.45) is 1.36. The van der Waals surface area contributed by atoms with Crippen molar-refractivity contribution in [3.05, 3.63) is 0 Å². The molecule has 2 heterocycles. The first kappa shape index (κ1) is 16.2. The molecule has 2 saturated heterocycles. The van der Waals surface area contributed by atoms with Crippen molar-refractivity contribution in [1.29, 1.82) is 0 Å². The van der Waals surface area contributed by atoms with Gasteiger partial charge in [0.05, 0.1) is 19.8 Å². The summed E-state index contributed by atoms with van der Waals surface area (Å²) >= 11 is 0. The van der Waals surface area contributed by atoms with Gasteiger partial charge in [-0.05, 0) is 26.7 Å². The first-order valence-corrected chi connectivity index (χ1v) is 7.55. The van der Waals surface area contributed by atoms with Crippen molar-refractivity contribution in [1.82, 2.24) is 15.2 Å². The Morgan fingerprint density at radius 2 is 1.95 bits per heavy atom. The van der Waals surface area contributed by atoms with Crippen molar-refractivity contribution in [2.75, 3.05) is 39.4 Å². The smallest absolute Gasteiger partial charge is 0.237 e. The molecule has 2 rings (SSSR count). The first-order chi connectivity index (χ1) is 9.94. The second-order valence-corrected chi connectivity index (χ2v) is 6.45. The van der Waals surface area contributed by atoms with E-state index >= 15 is 0 Å². The summed E-state index contributed by atoms with van der Waals surface area (Å²) in [4.78, 5) is 27.9. The Bertz CT molecular complexity index is 392. The molecule has 0 aromatic heterocycles. The van der Waals surface area contributed by atoms with Gasteiger partial charge in [-0.1, -0.05) is 0 Å². The maximum Gasteiger partial charge on any atom is 0.237 e. The van der Waals surface area contributed by atoms with Crippen molar-refractivity contribution in [3.8, 4) is 0 Å². The molecular weight excluding hydrogens is 272 g/mol. The van der Waals surface area contributed by atoms with Gasteiger partial charge in [-0.3, -0.25) is 19.9 Å². The van der Waals surface area contributed by atoms with Crippen LogP contribution in [-0.4, -0.2) is 66.5 Å². The number of amides is 2. The molecule has 21 heavy (non-hydrogen) atoms. The molecule has 120 valence electrons. The zero-order valence-corrected chi connectivity index (χ0v) is 12.9. The Morgan fingerprint density at radius 1 is 1.29 bits per heavy atom. The average Bonchev–Trinajstić information content (AvgIpc) is 2.48. The highest BCUT2D eigenvalue weighted by atomic mass is 16.5. The van der Waals surface area contributed by atoms with Crippen LogP contribution in [0.5, 0.6) is 0 Å². The molecule has 0 aliphatic carbocycles. The quantitative estimate of drug-likeness (QED) is 0.410. The molecule has 7 nitrogen and oxygen atoms in total. The van der Waals surface area contributed by atoms with Crippen LogP contribution in [0.4, 0.5) is 0 Å². The summed E-state index contributed by atoms with van der Waals surface area (Å²) in [5, 5.41) is 0. The maximum absolute atomic E-state index is 12.4. The van der Waals surface area contributed by atoms with Crippen molar-refractivity contribution in [2.45, 2.75) is 32.2 Å². The molecular formula is C14H26N4O3. The van der Waals surface area contributed by atoms with Gasteiger partial charge in [0.15, 0.2) is 0 Å². The third kappa shape index (κ3) is 3.93. The predicted molar refractivity (Wildman–Crippen MR) is 78.1 cm³/mol. The Labute approximate surface area is 125 Å². The fourth-order valence-electron chi connectivity index (χ4n) is 2.96. The molecule has 0 spiro atoms. The van der Waals surface area contributed by atoms with E-state index in [1.54, 1.807) is 0 Å². The summed E-state index contributed by atoms with van der Waals surface area (Å²) in [5.41, 5.74) is 2.09. The number of hydrazine groups is 1. The van der Waals surface area contributed by atoms with E-state index in [0.717, 1.165) is 6.54 Å². The number of piperidine rings is 1. The number of morpholine rings is 1. The second-order valence-electron chi connectivity index (χ2n) is 6.45. The zero-order chi connectivity index (χ0) is 15.5. The number of carbonyl (C=O) groups excluding carboxylic acids is 2. The van der Waals surface area contributed by atoms with E-state index in [0.29, 0.717) is 45.7 Å². The molecule has 0 unspecified atom stereocenters. The Kier molecular flexibility index (Phi) is 5.18. The lowest BCUT2D eigenvalue weighted by atomic mass is 9.96. The van der Waals surface area contributed by atoms with Gasteiger partial charge < -0.3 is 9.64 Å². The first-order valence-electron chi connectivity index (χ1n) is 7.55. The molecule has 7 heteroatoms. The van der Waals surface area contributed by atoms with E-state index in [-0.39, 0.29) is 23.3 Å². The van der Waals surface area contributed by atoms with Crippen LogP contribution in [0.2, 0.25) is 0 Å². The fraction of sp³-hybridized carbons (Fsp3) is 0.857. The van der Waals surface area contributed by atoms with Gasteiger partial charge in [-0.25, -0.2) is 5.84 Å². The number of likely N-dealkylation sites (tertiary alicyclic amines) is 1. The minimum absolute atomic E-state index is 0.0705. The average molecular weight is 298 g/mol. The molecule has 0 saturated carbocycles. The van der Waals surface area contributed by atoms with Crippen LogP contribution in [0.1, 0.15) is 26.7 Å². The summed E-state index contributed by atoms with van der Waals surface area (Å²) in [6, 6.07) is 0. The van der Waals surface area contributed by atoms with E-state index < -0.39 is 0 Å². The van der Waals surface area contributed by atoms with E-state index in [2.05, 4.69) is 24.2 Å². The van der Waals surface area contributed by atoms with Crippen LogP contribution in [0.3, 0.4) is 0 Å². The number of rotatable bonds is 3. The lowest BCUT2D eigenvalue weighted by molar-refractivity contribution is -0.140. The van der Waals surface area contributed by atoms with Crippen LogP contribution in [0.25, 0.3) is 0 Å². The molecule has 0 radical (unpaired) electrons. The highest BCUT2D eigenvalue weighted by molar-refractivity contribution is 5.80. The minimum atomic E-state index is -0.128. The standard InChI is InChI=1S/C14H26N4O3/c1-14(2)10-21-8-7-18(14)9-12(19)17-5-3-11(4-6-17)13(20)16-15/h11H,3-10,15H2,1-2H3,(H,16,20). The molecule has 0 atom stereocenters. The fourth-order valence-corrected chi connectivity index (χ4v) is 2.96. The SMILES string of the molecule is CC1(C)COCCN1CC(=O)N1CCC(C(=O)NN)CC1. The molecule has 2 aliphatic heterocycles. The van der Waals surface area contributed by atoms with Crippen LogP contribution in [0.15, 0.2) is 0 Å². The number of hydrogen-bond acceptors (Lipinski definition) is 5. The van der Waals surface area contributed by atoms with Gasteiger partial charge in [0.2, 0.25) is 11.8 Å². The van der Waals surface area contributed by atoms with Gasteiger partial charge in [0, 0.05) is 31.1 Å². The van der Waals surface area contributed by atoms with Crippen molar-refractivity contribution < 1.29 is 14.3 Å². The number of carbonyl (C=O) groups is 2. The van der Waals surface area contributed by atoms with Crippen LogP contribution < -0.4 is 11.3 Å². The van der Waals surface area contributed by atoms with E-state index in [1.165, 1.54) is 0 Å². The highest BCUT2D eigenvalue weighted by Crippen LogP contribution is 2.21.